The molecule has 1 fully saturated rings. The summed E-state index contributed by atoms with van der Waals surface area (Å²) in [7, 11) is 0. The van der Waals surface area contributed by atoms with Gasteiger partial charge in [-0.3, -0.25) is 4.90 Å². The molecule has 0 aliphatic carbocycles. The number of carbonyl (C=O) groups is 2. The van der Waals surface area contributed by atoms with Gasteiger partial charge in [0.25, 0.3) is 0 Å². The van der Waals surface area contributed by atoms with Crippen LogP contribution in [0, 0.1) is 0 Å². The van der Waals surface area contributed by atoms with Gasteiger partial charge in [0.1, 0.15) is 0 Å². The van der Waals surface area contributed by atoms with Crippen LogP contribution in [0.1, 0.15) is 23.5 Å². The van der Waals surface area contributed by atoms with Crippen molar-refractivity contribution in [3.05, 3.63) is 101 Å². The maximum Gasteiger partial charge on any atom is 0.328 e. The summed E-state index contributed by atoms with van der Waals surface area (Å²) in [6, 6.07) is 20.9. The third-order valence-corrected chi connectivity index (χ3v) is 6.04. The molecular formula is C27H29ClN4O4. The van der Waals surface area contributed by atoms with Gasteiger partial charge in [0, 0.05) is 61.7 Å². The van der Waals surface area contributed by atoms with Crippen molar-refractivity contribution >= 4 is 29.5 Å². The van der Waals surface area contributed by atoms with Gasteiger partial charge in [0.05, 0.1) is 0 Å². The van der Waals surface area contributed by atoms with E-state index in [2.05, 4.69) is 62.2 Å². The second-order valence-corrected chi connectivity index (χ2v) is 8.63. The van der Waals surface area contributed by atoms with Crippen LogP contribution in [0.4, 0.5) is 5.95 Å². The number of carboxylic acid groups (broad SMARTS) is 2. The van der Waals surface area contributed by atoms with E-state index in [-0.39, 0.29) is 0 Å². The Kier molecular flexibility index (Phi) is 10.4. The average molecular weight is 509 g/mol. The Morgan fingerprint density at radius 3 is 1.94 bits per heavy atom. The molecular weight excluding hydrogens is 480 g/mol. The van der Waals surface area contributed by atoms with Crippen LogP contribution in [0.15, 0.2) is 85.2 Å². The van der Waals surface area contributed by atoms with Crippen molar-refractivity contribution in [3.63, 3.8) is 0 Å². The highest BCUT2D eigenvalue weighted by Crippen LogP contribution is 2.29. The summed E-state index contributed by atoms with van der Waals surface area (Å²) in [4.78, 5) is 32.7. The molecule has 8 nitrogen and oxygen atoms in total. The molecule has 188 valence electrons. The molecule has 1 aromatic heterocycles. The lowest BCUT2D eigenvalue weighted by Crippen LogP contribution is -2.47. The van der Waals surface area contributed by atoms with Crippen molar-refractivity contribution < 1.29 is 19.8 Å². The number of piperazine rings is 1. The first-order valence-corrected chi connectivity index (χ1v) is 12.0. The van der Waals surface area contributed by atoms with Gasteiger partial charge in [-0.15, -0.1) is 0 Å². The van der Waals surface area contributed by atoms with Gasteiger partial charge >= 0.3 is 11.9 Å². The molecule has 0 spiro atoms. The van der Waals surface area contributed by atoms with Gasteiger partial charge in [0.2, 0.25) is 5.95 Å². The molecule has 36 heavy (non-hydrogen) atoms. The van der Waals surface area contributed by atoms with E-state index in [1.54, 1.807) is 0 Å². The van der Waals surface area contributed by atoms with Crippen LogP contribution < -0.4 is 4.90 Å². The van der Waals surface area contributed by atoms with Crippen LogP contribution >= 0.6 is 11.6 Å². The second-order valence-electron chi connectivity index (χ2n) is 8.19. The number of hydrogen-bond donors (Lipinski definition) is 2. The zero-order valence-corrected chi connectivity index (χ0v) is 20.5. The first kappa shape index (κ1) is 26.8. The monoisotopic (exact) mass is 508 g/mol. The zero-order valence-electron chi connectivity index (χ0n) is 19.8. The normalized spacial score (nSPS) is 14.6. The molecule has 1 aliphatic rings. The van der Waals surface area contributed by atoms with Gasteiger partial charge in [-0.25, -0.2) is 19.6 Å². The Morgan fingerprint density at radius 1 is 0.833 bits per heavy atom. The SMILES string of the molecule is Clc1ccc(C(CCN2CCN(c3ncccn3)CC2)c2ccccc2)cc1.O=C(O)/C=C\C(=O)O. The summed E-state index contributed by atoms with van der Waals surface area (Å²) < 4.78 is 0. The standard InChI is InChI=1S/C23H25ClN4.C4H4O4/c24-21-9-7-20(8-10-21)22(19-5-2-1-3-6-19)11-14-27-15-17-28(18-16-27)23-25-12-4-13-26-23;5-3(6)1-2-4(7)8/h1-10,12-13,22H,11,14-18H2;1-2H,(H,5,6)(H,7,8)/b;2-1-. The highest BCUT2D eigenvalue weighted by Gasteiger charge is 2.21. The summed E-state index contributed by atoms with van der Waals surface area (Å²) in [6.45, 7) is 5.11. The van der Waals surface area contributed by atoms with E-state index < -0.39 is 11.9 Å². The number of aromatic nitrogens is 2. The van der Waals surface area contributed by atoms with Gasteiger partial charge in [-0.1, -0.05) is 54.1 Å². The topological polar surface area (TPSA) is 107 Å². The Morgan fingerprint density at radius 2 is 1.39 bits per heavy atom. The molecule has 1 aliphatic heterocycles. The summed E-state index contributed by atoms with van der Waals surface area (Å²) >= 11 is 6.10. The van der Waals surface area contributed by atoms with Crippen molar-refractivity contribution in [2.45, 2.75) is 12.3 Å². The molecule has 1 saturated heterocycles. The smallest absolute Gasteiger partial charge is 0.328 e. The van der Waals surface area contributed by atoms with Gasteiger partial charge < -0.3 is 15.1 Å². The molecule has 1 atom stereocenters. The Hall–Kier alpha value is -3.75. The van der Waals surface area contributed by atoms with E-state index in [1.165, 1.54) is 11.1 Å². The van der Waals surface area contributed by atoms with E-state index in [0.717, 1.165) is 50.1 Å². The van der Waals surface area contributed by atoms with Crippen LogP contribution in [-0.2, 0) is 9.59 Å². The fraction of sp³-hybridized carbons (Fsp3) is 0.259. The lowest BCUT2D eigenvalue weighted by Gasteiger charge is -2.35. The third kappa shape index (κ3) is 8.79. The molecule has 2 aromatic carbocycles. The van der Waals surface area contributed by atoms with E-state index in [1.807, 2.05) is 30.6 Å². The maximum absolute atomic E-state index is 9.55. The van der Waals surface area contributed by atoms with Crippen LogP contribution in [-0.4, -0.2) is 69.7 Å². The third-order valence-electron chi connectivity index (χ3n) is 5.78. The zero-order chi connectivity index (χ0) is 25.8. The van der Waals surface area contributed by atoms with Crippen molar-refractivity contribution in [3.8, 4) is 0 Å². The summed E-state index contributed by atoms with van der Waals surface area (Å²) in [5.41, 5.74) is 2.69. The van der Waals surface area contributed by atoms with Gasteiger partial charge in [-0.05, 0) is 42.3 Å². The number of carboxylic acids is 2. The molecule has 1 unspecified atom stereocenters. The van der Waals surface area contributed by atoms with Gasteiger partial charge in [-0.2, -0.15) is 0 Å². The first-order chi connectivity index (χ1) is 17.4. The van der Waals surface area contributed by atoms with Crippen LogP contribution in [0.2, 0.25) is 5.02 Å². The number of rotatable bonds is 8. The predicted molar refractivity (Wildman–Crippen MR) is 139 cm³/mol. The van der Waals surface area contributed by atoms with E-state index in [4.69, 9.17) is 21.8 Å². The van der Waals surface area contributed by atoms with E-state index in [0.29, 0.717) is 18.1 Å². The second kappa shape index (κ2) is 14.0. The minimum absolute atomic E-state index is 0.383. The highest BCUT2D eigenvalue weighted by molar-refractivity contribution is 6.30. The summed E-state index contributed by atoms with van der Waals surface area (Å²) in [5, 5.41) is 16.4. The fourth-order valence-electron chi connectivity index (χ4n) is 3.99. The predicted octanol–water partition coefficient (Wildman–Crippen LogP) is 4.19. The van der Waals surface area contributed by atoms with Crippen molar-refractivity contribution in [1.29, 1.82) is 0 Å². The molecule has 2 N–H and O–H groups in total. The minimum Gasteiger partial charge on any atom is -0.478 e. The lowest BCUT2D eigenvalue weighted by atomic mass is 9.88. The summed E-state index contributed by atoms with van der Waals surface area (Å²) in [6.07, 6.45) is 5.83. The highest BCUT2D eigenvalue weighted by atomic mass is 35.5. The number of halogens is 1. The van der Waals surface area contributed by atoms with Crippen molar-refractivity contribution in [2.75, 3.05) is 37.6 Å². The maximum atomic E-state index is 9.55. The average Bonchev–Trinajstić information content (AvgIpc) is 2.90. The molecule has 3 aromatic rings. The number of anilines is 1. The molecule has 0 bridgehead atoms. The van der Waals surface area contributed by atoms with Crippen molar-refractivity contribution in [2.24, 2.45) is 0 Å². The lowest BCUT2D eigenvalue weighted by molar-refractivity contribution is -0.134. The van der Waals surface area contributed by atoms with Crippen LogP contribution in [0.3, 0.4) is 0 Å². The van der Waals surface area contributed by atoms with Crippen LogP contribution in [0.25, 0.3) is 0 Å². The number of benzene rings is 2. The molecule has 0 saturated carbocycles. The fourth-order valence-corrected chi connectivity index (χ4v) is 4.11. The Balaban J connectivity index is 0.000000392. The number of aliphatic carboxylic acids is 2. The quantitative estimate of drug-likeness (QED) is 0.436. The van der Waals surface area contributed by atoms with Crippen LogP contribution in [0.5, 0.6) is 0 Å². The first-order valence-electron chi connectivity index (χ1n) is 11.6. The molecule has 0 amide bonds. The Labute approximate surface area is 215 Å². The van der Waals surface area contributed by atoms with E-state index in [9.17, 15) is 9.59 Å². The van der Waals surface area contributed by atoms with Gasteiger partial charge in [0.15, 0.2) is 0 Å². The Bertz CT molecular complexity index is 1100. The minimum atomic E-state index is -1.26. The largest absolute Gasteiger partial charge is 0.478 e. The number of nitrogens with zero attached hydrogens (tertiary/aromatic N) is 4. The molecule has 0 radical (unpaired) electrons. The molecule has 4 rings (SSSR count). The number of hydrogen-bond acceptors (Lipinski definition) is 6. The summed E-state index contributed by atoms with van der Waals surface area (Å²) in [5.74, 6) is -1.29. The molecule has 2 heterocycles. The molecule has 9 heteroatoms. The van der Waals surface area contributed by atoms with E-state index >= 15 is 0 Å². The van der Waals surface area contributed by atoms with Crippen molar-refractivity contribution in [1.82, 2.24) is 14.9 Å².